The van der Waals surface area contributed by atoms with E-state index >= 15 is 0 Å². The van der Waals surface area contributed by atoms with Gasteiger partial charge in [-0.05, 0) is 40.0 Å². The predicted octanol–water partition coefficient (Wildman–Crippen LogP) is 1.18. The molecule has 1 N–H and O–H groups in total. The number of nitrogens with zero attached hydrogens (tertiary/aromatic N) is 2. The highest BCUT2D eigenvalue weighted by molar-refractivity contribution is 4.78. The number of hydrogen-bond donors (Lipinski definition) is 1. The summed E-state index contributed by atoms with van der Waals surface area (Å²) in [6, 6.07) is 0.317. The van der Waals surface area contributed by atoms with E-state index in [1.165, 1.54) is 4.90 Å². The number of likely N-dealkylation sites (tertiary alicyclic amines) is 1. The summed E-state index contributed by atoms with van der Waals surface area (Å²) >= 11 is 0. The number of ether oxygens (including phenoxy) is 1. The van der Waals surface area contributed by atoms with Crippen LogP contribution in [-0.4, -0.2) is 82.1 Å². The Hall–Kier alpha value is -0.370. The third-order valence-electron chi connectivity index (χ3n) is 3.35. The summed E-state index contributed by atoms with van der Waals surface area (Å²) in [7, 11) is 3.99. The van der Waals surface area contributed by atoms with Gasteiger partial charge in [0.05, 0.1) is 19.8 Å². The molecule has 0 radical (unpaired) electrons. The Morgan fingerprint density at radius 1 is 1.20 bits per heavy atom. The zero-order valence-electron chi connectivity index (χ0n) is 12.4. The Balaban J connectivity index is 2.00. The standard InChI is InChI=1S/C13H26F3N3O/c1-18(2)8-10-20-9-5-17-12-3-6-19(7-4-12)11-13(14,15)16/h12,17H,3-11H2,1-2H3. The molecule has 0 aromatic heterocycles. The van der Waals surface area contributed by atoms with Crippen molar-refractivity contribution in [3.63, 3.8) is 0 Å². The zero-order valence-corrected chi connectivity index (χ0v) is 12.4. The van der Waals surface area contributed by atoms with Gasteiger partial charge in [0.2, 0.25) is 0 Å². The van der Waals surface area contributed by atoms with E-state index in [1.807, 2.05) is 14.1 Å². The molecule has 0 aromatic carbocycles. The van der Waals surface area contributed by atoms with Crippen LogP contribution in [0.3, 0.4) is 0 Å². The van der Waals surface area contributed by atoms with Crippen LogP contribution >= 0.6 is 0 Å². The highest BCUT2D eigenvalue weighted by Gasteiger charge is 2.32. The third-order valence-corrected chi connectivity index (χ3v) is 3.35. The van der Waals surface area contributed by atoms with E-state index in [0.29, 0.717) is 32.3 Å². The number of halogens is 3. The maximum Gasteiger partial charge on any atom is 0.401 e. The first-order valence-electron chi connectivity index (χ1n) is 7.12. The molecule has 4 nitrogen and oxygen atoms in total. The number of alkyl halides is 3. The summed E-state index contributed by atoms with van der Waals surface area (Å²) in [6.45, 7) is 3.26. The highest BCUT2D eigenvalue weighted by atomic mass is 19.4. The topological polar surface area (TPSA) is 27.7 Å². The lowest BCUT2D eigenvalue weighted by molar-refractivity contribution is -0.148. The summed E-state index contributed by atoms with van der Waals surface area (Å²) in [6.07, 6.45) is -2.54. The first kappa shape index (κ1) is 17.7. The molecule has 1 rings (SSSR count). The van der Waals surface area contributed by atoms with Gasteiger partial charge in [0.15, 0.2) is 0 Å². The van der Waals surface area contributed by atoms with Crippen LogP contribution in [0.1, 0.15) is 12.8 Å². The van der Waals surface area contributed by atoms with Crippen molar-refractivity contribution < 1.29 is 17.9 Å². The van der Waals surface area contributed by atoms with Crippen molar-refractivity contribution in [2.45, 2.75) is 25.1 Å². The van der Waals surface area contributed by atoms with Gasteiger partial charge in [-0.15, -0.1) is 0 Å². The van der Waals surface area contributed by atoms with Crippen molar-refractivity contribution in [3.8, 4) is 0 Å². The number of nitrogens with one attached hydrogen (secondary N) is 1. The minimum Gasteiger partial charge on any atom is -0.379 e. The third kappa shape index (κ3) is 8.73. The molecule has 1 aliphatic rings. The smallest absolute Gasteiger partial charge is 0.379 e. The van der Waals surface area contributed by atoms with Crippen LogP contribution in [-0.2, 0) is 4.74 Å². The molecule has 1 saturated heterocycles. The summed E-state index contributed by atoms with van der Waals surface area (Å²) in [5, 5.41) is 3.35. The Morgan fingerprint density at radius 3 is 2.40 bits per heavy atom. The van der Waals surface area contributed by atoms with Gasteiger partial charge >= 0.3 is 6.18 Å². The number of likely N-dealkylation sites (N-methyl/N-ethyl adjacent to an activating group) is 1. The molecule has 1 fully saturated rings. The second-order valence-electron chi connectivity index (χ2n) is 5.54. The van der Waals surface area contributed by atoms with Crippen LogP contribution in [0.15, 0.2) is 0 Å². The quantitative estimate of drug-likeness (QED) is 0.681. The second kappa shape index (κ2) is 8.81. The van der Waals surface area contributed by atoms with Crippen molar-refractivity contribution >= 4 is 0 Å². The minimum atomic E-state index is -4.08. The average molecular weight is 297 g/mol. The molecular formula is C13H26F3N3O. The molecular weight excluding hydrogens is 271 g/mol. The molecule has 0 bridgehead atoms. The van der Waals surface area contributed by atoms with Crippen molar-refractivity contribution in [2.24, 2.45) is 0 Å². The Morgan fingerprint density at radius 2 is 1.85 bits per heavy atom. The zero-order chi connectivity index (χ0) is 15.0. The number of piperidine rings is 1. The normalized spacial score (nSPS) is 18.9. The number of rotatable bonds is 8. The predicted molar refractivity (Wildman–Crippen MR) is 72.9 cm³/mol. The Labute approximate surface area is 119 Å². The van der Waals surface area contributed by atoms with Gasteiger partial charge in [0, 0.05) is 19.1 Å². The molecule has 0 saturated carbocycles. The lowest BCUT2D eigenvalue weighted by atomic mass is 10.1. The van der Waals surface area contributed by atoms with Crippen molar-refractivity contribution in [1.82, 2.24) is 15.1 Å². The molecule has 0 spiro atoms. The van der Waals surface area contributed by atoms with E-state index < -0.39 is 12.7 Å². The fourth-order valence-electron chi connectivity index (χ4n) is 2.23. The van der Waals surface area contributed by atoms with Crippen LogP contribution in [0, 0.1) is 0 Å². The van der Waals surface area contributed by atoms with E-state index in [2.05, 4.69) is 10.2 Å². The first-order valence-corrected chi connectivity index (χ1v) is 7.12. The molecule has 7 heteroatoms. The van der Waals surface area contributed by atoms with Crippen LogP contribution in [0.2, 0.25) is 0 Å². The largest absolute Gasteiger partial charge is 0.401 e. The summed E-state index contributed by atoms with van der Waals surface area (Å²) in [5.41, 5.74) is 0. The van der Waals surface area contributed by atoms with Gasteiger partial charge in [-0.25, -0.2) is 0 Å². The van der Waals surface area contributed by atoms with Gasteiger partial charge in [-0.2, -0.15) is 13.2 Å². The molecule has 0 aliphatic carbocycles. The van der Waals surface area contributed by atoms with Gasteiger partial charge in [-0.3, -0.25) is 4.90 Å². The van der Waals surface area contributed by atoms with Crippen LogP contribution in [0.25, 0.3) is 0 Å². The molecule has 1 heterocycles. The van der Waals surface area contributed by atoms with E-state index in [0.717, 1.165) is 25.9 Å². The van der Waals surface area contributed by atoms with Crippen LogP contribution in [0.4, 0.5) is 13.2 Å². The first-order chi connectivity index (χ1) is 9.37. The van der Waals surface area contributed by atoms with E-state index in [-0.39, 0.29) is 0 Å². The molecule has 120 valence electrons. The molecule has 0 aromatic rings. The van der Waals surface area contributed by atoms with Gasteiger partial charge in [-0.1, -0.05) is 0 Å². The summed E-state index contributed by atoms with van der Waals surface area (Å²) < 4.78 is 42.2. The van der Waals surface area contributed by atoms with Gasteiger partial charge < -0.3 is 15.0 Å². The lowest BCUT2D eigenvalue weighted by Crippen LogP contribution is -2.46. The van der Waals surface area contributed by atoms with E-state index in [1.54, 1.807) is 0 Å². The Bertz CT molecular complexity index is 254. The molecule has 0 amide bonds. The average Bonchev–Trinajstić information content (AvgIpc) is 2.33. The summed E-state index contributed by atoms with van der Waals surface area (Å²) in [5.74, 6) is 0. The molecule has 20 heavy (non-hydrogen) atoms. The number of hydrogen-bond acceptors (Lipinski definition) is 4. The lowest BCUT2D eigenvalue weighted by Gasteiger charge is -2.32. The minimum absolute atomic E-state index is 0.317. The van der Waals surface area contributed by atoms with Gasteiger partial charge in [0.1, 0.15) is 0 Å². The molecule has 0 unspecified atom stereocenters. The SMILES string of the molecule is CN(C)CCOCCNC1CCN(CC(F)(F)F)CC1. The molecule has 0 atom stereocenters. The van der Waals surface area contributed by atoms with E-state index in [9.17, 15) is 13.2 Å². The van der Waals surface area contributed by atoms with Crippen molar-refractivity contribution in [1.29, 1.82) is 0 Å². The van der Waals surface area contributed by atoms with Crippen LogP contribution < -0.4 is 5.32 Å². The fraction of sp³-hybridized carbons (Fsp3) is 1.00. The molecule has 1 aliphatic heterocycles. The van der Waals surface area contributed by atoms with Crippen molar-refractivity contribution in [3.05, 3.63) is 0 Å². The maximum absolute atomic E-state index is 12.2. The summed E-state index contributed by atoms with van der Waals surface area (Å²) in [4.78, 5) is 3.54. The second-order valence-corrected chi connectivity index (χ2v) is 5.54. The van der Waals surface area contributed by atoms with Crippen molar-refractivity contribution in [2.75, 3.05) is 60.0 Å². The Kier molecular flexibility index (Phi) is 7.79. The van der Waals surface area contributed by atoms with E-state index in [4.69, 9.17) is 4.74 Å². The monoisotopic (exact) mass is 297 g/mol. The van der Waals surface area contributed by atoms with Crippen LogP contribution in [0.5, 0.6) is 0 Å². The van der Waals surface area contributed by atoms with Gasteiger partial charge in [0.25, 0.3) is 0 Å². The fourth-order valence-corrected chi connectivity index (χ4v) is 2.23. The maximum atomic E-state index is 12.2. The highest BCUT2D eigenvalue weighted by Crippen LogP contribution is 2.19.